The minimum Gasteiger partial charge on any atom is -0.347 e. The first-order valence-corrected chi connectivity index (χ1v) is 9.68. The van der Waals surface area contributed by atoms with Crippen LogP contribution in [0, 0.1) is 0 Å². The Hall–Kier alpha value is -3.20. The van der Waals surface area contributed by atoms with Gasteiger partial charge in [0.25, 0.3) is 5.91 Å². The summed E-state index contributed by atoms with van der Waals surface area (Å²) in [5.41, 5.74) is 0.226. The first-order valence-electron chi connectivity index (χ1n) is 8.88. The number of hydrogen-bond donors (Lipinski definition) is 1. The molecule has 1 N–H and O–H groups in total. The number of hydrogen-bond acceptors (Lipinski definition) is 3. The molecule has 0 aliphatic carbocycles. The van der Waals surface area contributed by atoms with Gasteiger partial charge in [-0.05, 0) is 27.6 Å². The van der Waals surface area contributed by atoms with Crippen molar-refractivity contribution in [3.8, 4) is 11.3 Å². The number of halogens is 4. The quantitative estimate of drug-likeness (QED) is 0.447. The molecule has 2 aromatic heterocycles. The lowest BCUT2D eigenvalue weighted by Gasteiger charge is -2.11. The SMILES string of the molecule is O=C(NCc1ccccc1)c1nn2c(C(F)(F)F)cc(-c3ccccc3)nc2c1Br. The van der Waals surface area contributed by atoms with Gasteiger partial charge >= 0.3 is 6.18 Å². The number of fused-ring (bicyclic) bond motifs is 1. The van der Waals surface area contributed by atoms with Crippen LogP contribution in [0.2, 0.25) is 0 Å². The molecule has 0 fully saturated rings. The summed E-state index contributed by atoms with van der Waals surface area (Å²) in [4.78, 5) is 16.9. The molecule has 0 bridgehead atoms. The number of carbonyl (C=O) groups excluding carboxylic acids is 1. The molecule has 5 nitrogen and oxygen atoms in total. The number of benzene rings is 2. The van der Waals surface area contributed by atoms with E-state index in [1.165, 1.54) is 0 Å². The number of amides is 1. The third-order valence-electron chi connectivity index (χ3n) is 4.40. The summed E-state index contributed by atoms with van der Waals surface area (Å²) >= 11 is 3.21. The number of alkyl halides is 3. The zero-order valence-electron chi connectivity index (χ0n) is 15.3. The van der Waals surface area contributed by atoms with Gasteiger partial charge in [0.05, 0.1) is 10.2 Å². The summed E-state index contributed by atoms with van der Waals surface area (Å²) in [6.07, 6.45) is -4.69. The zero-order valence-corrected chi connectivity index (χ0v) is 16.9. The Morgan fingerprint density at radius 3 is 2.30 bits per heavy atom. The van der Waals surface area contributed by atoms with Crippen molar-refractivity contribution in [2.45, 2.75) is 12.7 Å². The molecule has 4 rings (SSSR count). The minimum atomic E-state index is -4.69. The molecule has 0 spiro atoms. The van der Waals surface area contributed by atoms with Crippen LogP contribution >= 0.6 is 15.9 Å². The second kappa shape index (κ2) is 7.91. The number of rotatable bonds is 4. The van der Waals surface area contributed by atoms with E-state index < -0.39 is 17.8 Å². The summed E-state index contributed by atoms with van der Waals surface area (Å²) in [7, 11) is 0. The minimum absolute atomic E-state index is 0.0893. The lowest BCUT2D eigenvalue weighted by atomic mass is 10.1. The van der Waals surface area contributed by atoms with Crippen LogP contribution in [0.5, 0.6) is 0 Å². The molecule has 0 atom stereocenters. The van der Waals surface area contributed by atoms with Crippen LogP contribution in [-0.4, -0.2) is 20.5 Å². The summed E-state index contributed by atoms with van der Waals surface area (Å²) in [6, 6.07) is 18.6. The second-order valence-corrected chi connectivity index (χ2v) is 7.25. The number of nitrogens with one attached hydrogen (secondary N) is 1. The fraction of sp³-hybridized carbons (Fsp3) is 0.0952. The van der Waals surface area contributed by atoms with Crippen LogP contribution in [0.15, 0.2) is 71.2 Å². The van der Waals surface area contributed by atoms with E-state index >= 15 is 0 Å². The van der Waals surface area contributed by atoms with E-state index in [0.717, 1.165) is 11.6 Å². The molecule has 9 heteroatoms. The average molecular weight is 475 g/mol. The van der Waals surface area contributed by atoms with Gasteiger partial charge in [-0.25, -0.2) is 9.50 Å². The second-order valence-electron chi connectivity index (χ2n) is 6.46. The van der Waals surface area contributed by atoms with Crippen molar-refractivity contribution in [3.05, 3.63) is 88.2 Å². The average Bonchev–Trinajstić information content (AvgIpc) is 3.08. The molecule has 0 radical (unpaired) electrons. The molecule has 2 aromatic carbocycles. The maximum Gasteiger partial charge on any atom is 0.433 e. The Morgan fingerprint density at radius 2 is 1.67 bits per heavy atom. The van der Waals surface area contributed by atoms with Crippen molar-refractivity contribution in [1.29, 1.82) is 0 Å². The third-order valence-corrected chi connectivity index (χ3v) is 5.13. The molecule has 152 valence electrons. The van der Waals surface area contributed by atoms with Crippen molar-refractivity contribution in [3.63, 3.8) is 0 Å². The monoisotopic (exact) mass is 474 g/mol. The van der Waals surface area contributed by atoms with E-state index in [2.05, 4.69) is 31.3 Å². The number of nitrogens with zero attached hydrogens (tertiary/aromatic N) is 3. The Labute approximate surface area is 177 Å². The number of aromatic nitrogens is 3. The van der Waals surface area contributed by atoms with E-state index in [0.29, 0.717) is 10.1 Å². The van der Waals surface area contributed by atoms with Gasteiger partial charge in [0, 0.05) is 12.1 Å². The van der Waals surface area contributed by atoms with E-state index in [9.17, 15) is 18.0 Å². The molecule has 0 unspecified atom stereocenters. The van der Waals surface area contributed by atoms with Crippen molar-refractivity contribution >= 4 is 27.5 Å². The highest BCUT2D eigenvalue weighted by Gasteiger charge is 2.36. The summed E-state index contributed by atoms with van der Waals surface area (Å²) in [6.45, 7) is 0.217. The van der Waals surface area contributed by atoms with Crippen LogP contribution < -0.4 is 5.32 Å². The maximum atomic E-state index is 13.7. The van der Waals surface area contributed by atoms with Crippen molar-refractivity contribution in [2.75, 3.05) is 0 Å². The topological polar surface area (TPSA) is 59.3 Å². The van der Waals surface area contributed by atoms with Gasteiger partial charge in [0.2, 0.25) is 0 Å². The Morgan fingerprint density at radius 1 is 1.03 bits per heavy atom. The maximum absolute atomic E-state index is 13.7. The predicted molar refractivity (Wildman–Crippen MR) is 109 cm³/mol. The highest BCUT2D eigenvalue weighted by Crippen LogP contribution is 2.34. The fourth-order valence-electron chi connectivity index (χ4n) is 2.96. The summed E-state index contributed by atoms with van der Waals surface area (Å²) in [5.74, 6) is -0.606. The molecular formula is C21H14BrF3N4O. The molecule has 1 amide bonds. The molecule has 4 aromatic rings. The van der Waals surface area contributed by atoms with Crippen molar-refractivity contribution < 1.29 is 18.0 Å². The van der Waals surface area contributed by atoms with Gasteiger partial charge in [0.1, 0.15) is 0 Å². The first-order chi connectivity index (χ1) is 14.3. The molecule has 0 saturated heterocycles. The molecule has 0 aliphatic rings. The van der Waals surface area contributed by atoms with Gasteiger partial charge in [-0.1, -0.05) is 60.7 Å². The van der Waals surface area contributed by atoms with Gasteiger partial charge in [0.15, 0.2) is 17.0 Å². The van der Waals surface area contributed by atoms with Crippen LogP contribution in [0.4, 0.5) is 13.2 Å². The summed E-state index contributed by atoms with van der Waals surface area (Å²) < 4.78 is 41.9. The molecular weight excluding hydrogens is 461 g/mol. The molecule has 0 saturated carbocycles. The van der Waals surface area contributed by atoms with Crippen molar-refractivity contribution in [2.24, 2.45) is 0 Å². The van der Waals surface area contributed by atoms with Gasteiger partial charge in [-0.3, -0.25) is 4.79 Å². The zero-order chi connectivity index (χ0) is 21.3. The lowest BCUT2D eigenvalue weighted by molar-refractivity contribution is -0.142. The first kappa shape index (κ1) is 20.1. The Kier molecular flexibility index (Phi) is 5.29. The van der Waals surface area contributed by atoms with E-state index in [-0.39, 0.29) is 28.1 Å². The Balaban J connectivity index is 1.77. The number of carbonyl (C=O) groups is 1. The van der Waals surface area contributed by atoms with Crippen LogP contribution in [0.3, 0.4) is 0 Å². The highest BCUT2D eigenvalue weighted by atomic mass is 79.9. The van der Waals surface area contributed by atoms with E-state index in [1.807, 2.05) is 30.3 Å². The van der Waals surface area contributed by atoms with E-state index in [1.54, 1.807) is 30.3 Å². The van der Waals surface area contributed by atoms with Gasteiger partial charge < -0.3 is 5.32 Å². The summed E-state index contributed by atoms with van der Waals surface area (Å²) in [5, 5.41) is 6.57. The van der Waals surface area contributed by atoms with Crippen LogP contribution in [0.1, 0.15) is 21.7 Å². The molecule has 2 heterocycles. The van der Waals surface area contributed by atoms with Gasteiger partial charge in [-0.2, -0.15) is 18.3 Å². The Bertz CT molecular complexity index is 1210. The smallest absolute Gasteiger partial charge is 0.347 e. The normalized spacial score (nSPS) is 11.6. The fourth-order valence-corrected chi connectivity index (χ4v) is 3.47. The predicted octanol–water partition coefficient (Wildman–Crippen LogP) is 5.11. The van der Waals surface area contributed by atoms with Gasteiger partial charge in [-0.15, -0.1) is 0 Å². The standard InChI is InChI=1S/C21H14BrF3N4O/c22-17-18(20(30)26-12-13-7-3-1-4-8-13)28-29-16(21(23,24)25)11-15(27-19(17)29)14-9-5-2-6-10-14/h1-11H,12H2,(H,26,30). The van der Waals surface area contributed by atoms with Crippen LogP contribution in [-0.2, 0) is 12.7 Å². The van der Waals surface area contributed by atoms with Crippen LogP contribution in [0.25, 0.3) is 16.9 Å². The molecule has 30 heavy (non-hydrogen) atoms. The van der Waals surface area contributed by atoms with E-state index in [4.69, 9.17) is 0 Å². The lowest BCUT2D eigenvalue weighted by Crippen LogP contribution is -2.23. The third kappa shape index (κ3) is 3.93. The molecule has 0 aliphatic heterocycles. The highest BCUT2D eigenvalue weighted by molar-refractivity contribution is 9.10. The largest absolute Gasteiger partial charge is 0.433 e. The van der Waals surface area contributed by atoms with Crippen molar-refractivity contribution in [1.82, 2.24) is 19.9 Å².